The second-order valence-electron chi connectivity index (χ2n) is 4.82. The van der Waals surface area contributed by atoms with Gasteiger partial charge < -0.3 is 14.8 Å². The van der Waals surface area contributed by atoms with Crippen LogP contribution in [0.15, 0.2) is 36.5 Å². The van der Waals surface area contributed by atoms with E-state index in [-0.39, 0.29) is 0 Å². The van der Waals surface area contributed by atoms with Crippen molar-refractivity contribution < 1.29 is 14.3 Å². The number of benzene rings is 1. The molecule has 8 heteroatoms. The molecule has 1 aromatic heterocycles. The van der Waals surface area contributed by atoms with E-state index in [1.165, 1.54) is 7.11 Å². The maximum Gasteiger partial charge on any atom is 0.317 e. The van der Waals surface area contributed by atoms with Crippen LogP contribution in [0.4, 0.5) is 5.95 Å². The number of fused-ring (bicyclic) bond motifs is 1. The molecule has 1 aliphatic rings. The Balaban J connectivity index is 2.14. The fraction of sp³-hybridized carbons (Fsp3) is 0.286. The highest BCUT2D eigenvalue weighted by atomic mass is 16.5. The van der Waals surface area contributed by atoms with E-state index < -0.39 is 17.9 Å². The number of rotatable bonds is 3. The number of methoxy groups -OCH3 is 2. The molecule has 2 aromatic rings. The van der Waals surface area contributed by atoms with E-state index in [9.17, 15) is 4.79 Å². The first-order valence-electron chi connectivity index (χ1n) is 6.61. The Morgan fingerprint density at radius 1 is 1.41 bits per heavy atom. The Morgan fingerprint density at radius 2 is 2.23 bits per heavy atom. The lowest BCUT2D eigenvalue weighted by Crippen LogP contribution is -2.37. The Labute approximate surface area is 126 Å². The van der Waals surface area contributed by atoms with Crippen LogP contribution in [-0.2, 0) is 9.53 Å². The number of carbonyl (C=O) groups excluding carboxylic acids is 1. The second kappa shape index (κ2) is 5.47. The van der Waals surface area contributed by atoms with Crippen LogP contribution >= 0.6 is 0 Å². The van der Waals surface area contributed by atoms with E-state index in [0.29, 0.717) is 17.4 Å². The number of esters is 1. The number of tetrazole rings is 1. The highest BCUT2D eigenvalue weighted by Gasteiger charge is 2.40. The van der Waals surface area contributed by atoms with Gasteiger partial charge in [-0.3, -0.25) is 4.79 Å². The molecular formula is C14H15N5O3. The van der Waals surface area contributed by atoms with E-state index in [0.717, 1.165) is 5.56 Å². The minimum absolute atomic E-state index is 0.411. The predicted molar refractivity (Wildman–Crippen MR) is 77.2 cm³/mol. The molecule has 8 nitrogen and oxygen atoms in total. The highest BCUT2D eigenvalue weighted by molar-refractivity contribution is 5.78. The quantitative estimate of drug-likeness (QED) is 0.845. The topological polar surface area (TPSA) is 91.2 Å². The number of anilines is 1. The summed E-state index contributed by atoms with van der Waals surface area (Å²) in [6, 6.07) is 6.93. The molecule has 0 saturated heterocycles. The first-order chi connectivity index (χ1) is 10.7. The highest BCUT2D eigenvalue weighted by Crippen LogP contribution is 2.38. The molecule has 22 heavy (non-hydrogen) atoms. The Hall–Kier alpha value is -2.90. The molecule has 2 heterocycles. The number of hydrogen-bond acceptors (Lipinski definition) is 7. The van der Waals surface area contributed by atoms with Crippen molar-refractivity contribution >= 4 is 11.9 Å². The predicted octanol–water partition coefficient (Wildman–Crippen LogP) is 0.999. The minimum Gasteiger partial charge on any atom is -0.497 e. The van der Waals surface area contributed by atoms with Crippen LogP contribution in [0.25, 0.3) is 0 Å². The molecule has 3 rings (SSSR count). The van der Waals surface area contributed by atoms with Gasteiger partial charge in [0.15, 0.2) is 0 Å². The van der Waals surface area contributed by atoms with Gasteiger partial charge in [0.05, 0.1) is 14.2 Å². The maximum atomic E-state index is 12.2. The summed E-state index contributed by atoms with van der Waals surface area (Å²) in [6.07, 6.45) is 0. The summed E-state index contributed by atoms with van der Waals surface area (Å²) in [6.45, 7) is 3.91. The molecule has 1 aliphatic heterocycles. The van der Waals surface area contributed by atoms with Crippen LogP contribution in [0, 0.1) is 5.92 Å². The van der Waals surface area contributed by atoms with Gasteiger partial charge >= 0.3 is 5.97 Å². The monoisotopic (exact) mass is 301 g/mol. The largest absolute Gasteiger partial charge is 0.497 e. The van der Waals surface area contributed by atoms with Crippen molar-refractivity contribution in [1.29, 1.82) is 0 Å². The lowest BCUT2D eigenvalue weighted by atomic mass is 9.89. The summed E-state index contributed by atoms with van der Waals surface area (Å²) >= 11 is 0. The number of ether oxygens (including phenoxy) is 2. The zero-order valence-corrected chi connectivity index (χ0v) is 12.2. The van der Waals surface area contributed by atoms with Gasteiger partial charge in [0.1, 0.15) is 17.7 Å². The first-order valence-corrected chi connectivity index (χ1v) is 6.61. The number of nitrogens with one attached hydrogen (secondary N) is 1. The van der Waals surface area contributed by atoms with Gasteiger partial charge in [0.2, 0.25) is 5.95 Å². The Morgan fingerprint density at radius 3 is 2.95 bits per heavy atom. The van der Waals surface area contributed by atoms with Gasteiger partial charge in [-0.15, -0.1) is 0 Å². The number of hydrogen-bond donors (Lipinski definition) is 1. The van der Waals surface area contributed by atoms with Crippen molar-refractivity contribution in [2.75, 3.05) is 19.5 Å². The lowest BCUT2D eigenvalue weighted by molar-refractivity contribution is -0.145. The molecule has 114 valence electrons. The van der Waals surface area contributed by atoms with Crippen LogP contribution in [0.1, 0.15) is 11.6 Å². The Kier molecular flexibility index (Phi) is 3.50. The summed E-state index contributed by atoms with van der Waals surface area (Å²) in [4.78, 5) is 12.2. The lowest BCUT2D eigenvalue weighted by Gasteiger charge is -2.32. The van der Waals surface area contributed by atoms with Crippen LogP contribution in [0.2, 0.25) is 0 Å². The Bertz CT molecular complexity index is 727. The third-order valence-electron chi connectivity index (χ3n) is 3.61. The van der Waals surface area contributed by atoms with Crippen LogP contribution < -0.4 is 10.1 Å². The molecule has 0 saturated carbocycles. The first kappa shape index (κ1) is 14.1. The van der Waals surface area contributed by atoms with E-state index in [1.54, 1.807) is 11.8 Å². The van der Waals surface area contributed by atoms with E-state index in [2.05, 4.69) is 27.4 Å². The van der Waals surface area contributed by atoms with Crippen molar-refractivity contribution in [2.24, 2.45) is 5.92 Å². The van der Waals surface area contributed by atoms with Crippen molar-refractivity contribution in [3.63, 3.8) is 0 Å². The average molecular weight is 301 g/mol. The summed E-state index contributed by atoms with van der Waals surface area (Å²) in [5, 5.41) is 14.5. The fourth-order valence-electron chi connectivity index (χ4n) is 2.57. The second-order valence-corrected chi connectivity index (χ2v) is 4.82. The third kappa shape index (κ3) is 2.18. The third-order valence-corrected chi connectivity index (χ3v) is 3.61. The molecule has 0 unspecified atom stereocenters. The standard InChI is InChI=1S/C14H15N5O3/c1-8-11(13(20)22-3)12(19-14(15-8)16-17-18-19)9-5-4-6-10(7-9)21-2/h4-7,11-12H,1H2,2-3H3,(H,15,16,18)/t11-,12+/m1/s1. The molecule has 0 spiro atoms. The smallest absolute Gasteiger partial charge is 0.317 e. The molecule has 0 radical (unpaired) electrons. The molecule has 1 N–H and O–H groups in total. The maximum absolute atomic E-state index is 12.2. The number of carbonyl (C=O) groups is 1. The molecule has 1 aromatic carbocycles. The molecule has 0 aliphatic carbocycles. The van der Waals surface area contributed by atoms with Crippen LogP contribution in [0.3, 0.4) is 0 Å². The zero-order valence-electron chi connectivity index (χ0n) is 12.2. The minimum atomic E-state index is -0.645. The molecule has 0 fully saturated rings. The average Bonchev–Trinajstić information content (AvgIpc) is 3.00. The van der Waals surface area contributed by atoms with Crippen molar-refractivity contribution in [3.05, 3.63) is 42.1 Å². The van der Waals surface area contributed by atoms with Crippen LogP contribution in [-0.4, -0.2) is 40.4 Å². The molecule has 0 bridgehead atoms. The molecule has 2 atom stereocenters. The van der Waals surface area contributed by atoms with E-state index in [1.807, 2.05) is 24.3 Å². The normalized spacial score (nSPS) is 20.0. The fourth-order valence-corrected chi connectivity index (χ4v) is 2.57. The van der Waals surface area contributed by atoms with Gasteiger partial charge in [-0.1, -0.05) is 23.8 Å². The number of aromatic nitrogens is 4. The van der Waals surface area contributed by atoms with Crippen molar-refractivity contribution in [1.82, 2.24) is 20.2 Å². The van der Waals surface area contributed by atoms with Gasteiger partial charge in [-0.05, 0) is 28.1 Å². The van der Waals surface area contributed by atoms with E-state index in [4.69, 9.17) is 9.47 Å². The van der Waals surface area contributed by atoms with Crippen molar-refractivity contribution in [3.8, 4) is 5.75 Å². The van der Waals surface area contributed by atoms with Gasteiger partial charge in [0, 0.05) is 5.70 Å². The SMILES string of the molecule is C=C1Nc2nnnn2[C@@H](c2cccc(OC)c2)[C@@H]1C(=O)OC. The van der Waals surface area contributed by atoms with Gasteiger partial charge in [-0.25, -0.2) is 4.68 Å². The van der Waals surface area contributed by atoms with E-state index >= 15 is 0 Å². The zero-order chi connectivity index (χ0) is 15.7. The van der Waals surface area contributed by atoms with Crippen molar-refractivity contribution in [2.45, 2.75) is 6.04 Å². The molecular weight excluding hydrogens is 286 g/mol. The summed E-state index contributed by atoms with van der Waals surface area (Å²) in [7, 11) is 2.92. The van der Waals surface area contributed by atoms with Gasteiger partial charge in [-0.2, -0.15) is 0 Å². The number of nitrogens with zero attached hydrogens (tertiary/aromatic N) is 4. The molecule has 0 amide bonds. The summed E-state index contributed by atoms with van der Waals surface area (Å²) < 4.78 is 11.7. The van der Waals surface area contributed by atoms with Gasteiger partial charge in [0.25, 0.3) is 0 Å². The van der Waals surface area contributed by atoms with Crippen LogP contribution in [0.5, 0.6) is 5.75 Å². The summed E-state index contributed by atoms with van der Waals surface area (Å²) in [5.74, 6) is 0.0532. The summed E-state index contributed by atoms with van der Waals surface area (Å²) in [5.41, 5.74) is 1.31.